The molecule has 1 saturated heterocycles. The Kier molecular flexibility index (Phi) is 2.06. The monoisotopic (exact) mass is 256 g/mol. The van der Waals surface area contributed by atoms with Crippen LogP contribution in [0, 0.1) is 22.7 Å². The zero-order valence-electron chi connectivity index (χ0n) is 11.4. The van der Waals surface area contributed by atoms with E-state index in [1.807, 2.05) is 0 Å². The van der Waals surface area contributed by atoms with E-state index in [-0.39, 0.29) is 10.8 Å². The molecule has 3 fully saturated rings. The molecule has 2 bridgehead atoms. The Morgan fingerprint density at radius 1 is 1.12 bits per heavy atom. The summed E-state index contributed by atoms with van der Waals surface area (Å²) in [5.41, 5.74) is 0.193. The molecule has 0 aromatic heterocycles. The Morgan fingerprint density at radius 2 is 1.76 bits per heavy atom. The van der Waals surface area contributed by atoms with Crippen LogP contribution >= 0.6 is 0 Å². The molecule has 1 spiro atoms. The van der Waals surface area contributed by atoms with Crippen molar-refractivity contribution in [2.75, 3.05) is 5.75 Å². The van der Waals surface area contributed by atoms with E-state index in [2.05, 4.69) is 27.7 Å². The van der Waals surface area contributed by atoms with Crippen molar-refractivity contribution in [3.8, 4) is 0 Å². The lowest BCUT2D eigenvalue weighted by Gasteiger charge is -2.48. The molecule has 17 heavy (non-hydrogen) atoms. The molecule has 98 valence electrons. The van der Waals surface area contributed by atoms with Gasteiger partial charge >= 0.3 is 0 Å². The van der Waals surface area contributed by atoms with Gasteiger partial charge in [0.05, 0.1) is 10.5 Å². The van der Waals surface area contributed by atoms with E-state index in [0.29, 0.717) is 17.6 Å². The number of fused-ring (bicyclic) bond motifs is 3. The van der Waals surface area contributed by atoms with Crippen molar-refractivity contribution in [3.05, 3.63) is 0 Å². The van der Waals surface area contributed by atoms with Gasteiger partial charge in [0.25, 0.3) is 0 Å². The highest BCUT2D eigenvalue weighted by molar-refractivity contribution is 7.93. The van der Waals surface area contributed by atoms with Crippen LogP contribution in [0.25, 0.3) is 0 Å². The van der Waals surface area contributed by atoms with E-state index in [1.54, 1.807) is 0 Å². The van der Waals surface area contributed by atoms with Crippen LogP contribution in [0.15, 0.2) is 0 Å². The van der Waals surface area contributed by atoms with Crippen LogP contribution < -0.4 is 0 Å². The predicted octanol–water partition coefficient (Wildman–Crippen LogP) is 3.03. The first-order chi connectivity index (χ1) is 7.69. The Morgan fingerprint density at radius 3 is 2.12 bits per heavy atom. The van der Waals surface area contributed by atoms with Gasteiger partial charge in [0.2, 0.25) is 0 Å². The molecule has 1 aliphatic heterocycles. The van der Waals surface area contributed by atoms with Crippen LogP contribution in [0.3, 0.4) is 0 Å². The maximum atomic E-state index is 12.7. The minimum atomic E-state index is -2.90. The van der Waals surface area contributed by atoms with Crippen molar-refractivity contribution >= 4 is 9.84 Å². The first-order valence-corrected chi connectivity index (χ1v) is 8.56. The highest BCUT2D eigenvalue weighted by atomic mass is 32.2. The molecular formula is C14H24O2S. The Hall–Kier alpha value is -0.0500. The van der Waals surface area contributed by atoms with Crippen molar-refractivity contribution in [2.45, 2.75) is 58.1 Å². The summed E-state index contributed by atoms with van der Waals surface area (Å²) in [7, 11) is -2.90. The Labute approximate surface area is 105 Å². The summed E-state index contributed by atoms with van der Waals surface area (Å²) in [5.74, 6) is 1.39. The van der Waals surface area contributed by atoms with Gasteiger partial charge in [-0.2, -0.15) is 0 Å². The van der Waals surface area contributed by atoms with Crippen LogP contribution in [0.5, 0.6) is 0 Å². The smallest absolute Gasteiger partial charge is 0.156 e. The first-order valence-electron chi connectivity index (χ1n) is 6.91. The summed E-state index contributed by atoms with van der Waals surface area (Å²) in [4.78, 5) is 0. The summed E-state index contributed by atoms with van der Waals surface area (Å²) in [5, 5.41) is 0. The van der Waals surface area contributed by atoms with Crippen LogP contribution in [-0.2, 0) is 9.84 Å². The summed E-state index contributed by atoms with van der Waals surface area (Å²) < 4.78 is 25.0. The third-order valence-corrected chi connectivity index (χ3v) is 9.99. The summed E-state index contributed by atoms with van der Waals surface area (Å²) in [6.07, 6.45) is 4.14. The lowest BCUT2D eigenvalue weighted by molar-refractivity contribution is 0.0949. The van der Waals surface area contributed by atoms with E-state index in [1.165, 1.54) is 6.42 Å². The van der Waals surface area contributed by atoms with Gasteiger partial charge in [0, 0.05) is 0 Å². The molecule has 0 amide bonds. The second-order valence-corrected chi connectivity index (χ2v) is 9.76. The SMILES string of the molecule is C[C@@H]1CCS(=O)(=O)[C@@]12C[C@H]1CC[C@]2(C)C1(C)C. The minimum Gasteiger partial charge on any atom is -0.228 e. The van der Waals surface area contributed by atoms with Gasteiger partial charge in [-0.1, -0.05) is 27.7 Å². The van der Waals surface area contributed by atoms with Crippen LogP contribution in [0.1, 0.15) is 53.4 Å². The first kappa shape index (κ1) is 12.0. The fourth-order valence-corrected chi connectivity index (χ4v) is 8.84. The zero-order valence-corrected chi connectivity index (χ0v) is 12.2. The van der Waals surface area contributed by atoms with E-state index >= 15 is 0 Å². The van der Waals surface area contributed by atoms with Crippen molar-refractivity contribution in [1.29, 1.82) is 0 Å². The summed E-state index contributed by atoms with van der Waals surface area (Å²) in [6, 6.07) is 0. The van der Waals surface area contributed by atoms with Gasteiger partial charge in [0.1, 0.15) is 0 Å². The standard InChI is InChI=1S/C14H24O2S/c1-10-6-8-17(15,16)14(10)9-11-5-7-13(14,4)12(11,2)3/h10-11H,5-9H2,1-4H3/t10-,11-,13-,14+/m1/s1. The average Bonchev–Trinajstić information content (AvgIpc) is 2.66. The van der Waals surface area contributed by atoms with Crippen molar-refractivity contribution in [1.82, 2.24) is 0 Å². The molecular weight excluding hydrogens is 232 g/mol. The molecule has 2 saturated carbocycles. The van der Waals surface area contributed by atoms with Gasteiger partial charge in [-0.25, -0.2) is 8.42 Å². The molecule has 2 nitrogen and oxygen atoms in total. The van der Waals surface area contributed by atoms with E-state index in [0.717, 1.165) is 19.3 Å². The van der Waals surface area contributed by atoms with Gasteiger partial charge in [-0.3, -0.25) is 0 Å². The van der Waals surface area contributed by atoms with Gasteiger partial charge in [-0.15, -0.1) is 0 Å². The Bertz CT molecular complexity index is 465. The second-order valence-electron chi connectivity index (χ2n) is 7.39. The zero-order chi connectivity index (χ0) is 12.7. The number of sulfone groups is 1. The summed E-state index contributed by atoms with van der Waals surface area (Å²) >= 11 is 0. The predicted molar refractivity (Wildman–Crippen MR) is 69.5 cm³/mol. The average molecular weight is 256 g/mol. The van der Waals surface area contributed by atoms with Gasteiger partial charge < -0.3 is 0 Å². The lowest BCUT2D eigenvalue weighted by Crippen LogP contribution is -2.53. The minimum absolute atomic E-state index is 0.000579. The molecule has 3 rings (SSSR count). The number of rotatable bonds is 0. The highest BCUT2D eigenvalue weighted by Crippen LogP contribution is 2.75. The van der Waals surface area contributed by atoms with Gasteiger partial charge in [0.15, 0.2) is 9.84 Å². The number of hydrogen-bond donors (Lipinski definition) is 0. The molecule has 0 radical (unpaired) electrons. The lowest BCUT2D eigenvalue weighted by atomic mass is 9.63. The molecule has 3 heteroatoms. The molecule has 0 N–H and O–H groups in total. The maximum absolute atomic E-state index is 12.7. The van der Waals surface area contributed by atoms with Crippen molar-refractivity contribution < 1.29 is 8.42 Å². The van der Waals surface area contributed by atoms with Crippen molar-refractivity contribution in [3.63, 3.8) is 0 Å². The number of hydrogen-bond acceptors (Lipinski definition) is 2. The van der Waals surface area contributed by atoms with Crippen molar-refractivity contribution in [2.24, 2.45) is 22.7 Å². The molecule has 2 aliphatic carbocycles. The fourth-order valence-electron chi connectivity index (χ4n) is 5.57. The van der Waals surface area contributed by atoms with Crippen LogP contribution in [0.4, 0.5) is 0 Å². The molecule has 4 atom stereocenters. The topological polar surface area (TPSA) is 34.1 Å². The molecule has 3 aliphatic rings. The third-order valence-electron chi connectivity index (χ3n) is 7.09. The van der Waals surface area contributed by atoms with E-state index < -0.39 is 14.6 Å². The summed E-state index contributed by atoms with van der Waals surface area (Å²) in [6.45, 7) is 9.05. The normalized spacial score (nSPS) is 54.6. The highest BCUT2D eigenvalue weighted by Gasteiger charge is 2.75. The molecule has 0 unspecified atom stereocenters. The van der Waals surface area contributed by atoms with Crippen LogP contribution in [-0.4, -0.2) is 18.9 Å². The fraction of sp³-hybridized carbons (Fsp3) is 1.00. The van der Waals surface area contributed by atoms with E-state index in [4.69, 9.17) is 0 Å². The maximum Gasteiger partial charge on any atom is 0.156 e. The van der Waals surface area contributed by atoms with Crippen LogP contribution in [0.2, 0.25) is 0 Å². The molecule has 1 heterocycles. The molecule has 0 aromatic carbocycles. The largest absolute Gasteiger partial charge is 0.228 e. The second kappa shape index (κ2) is 2.92. The quantitative estimate of drug-likeness (QED) is 0.667. The Balaban J connectivity index is 2.25. The molecule has 0 aromatic rings. The van der Waals surface area contributed by atoms with E-state index in [9.17, 15) is 8.42 Å². The third kappa shape index (κ3) is 0.992. The van der Waals surface area contributed by atoms with Gasteiger partial charge in [-0.05, 0) is 48.3 Å².